The van der Waals surface area contributed by atoms with Crippen molar-refractivity contribution in [3.63, 3.8) is 0 Å². The van der Waals surface area contributed by atoms with Gasteiger partial charge in [-0.05, 0) is 6.07 Å². The van der Waals surface area contributed by atoms with Crippen LogP contribution in [0, 0.1) is 0 Å². The van der Waals surface area contributed by atoms with Crippen molar-refractivity contribution in [2.75, 3.05) is 0 Å². The minimum Gasteiger partial charge on any atom is -0.298 e. The van der Waals surface area contributed by atoms with Crippen molar-refractivity contribution in [1.29, 1.82) is 0 Å². The van der Waals surface area contributed by atoms with Crippen LogP contribution in [0.5, 0.6) is 0 Å². The Kier molecular flexibility index (Phi) is 4.03. The molecule has 0 bridgehead atoms. The third kappa shape index (κ3) is 2.91. The highest BCUT2D eigenvalue weighted by atomic mass is 35.5. The molecular formula is C9H5ClF5NO. The second kappa shape index (κ2) is 4.95. The molecule has 2 nitrogen and oxygen atoms in total. The van der Waals surface area contributed by atoms with Gasteiger partial charge < -0.3 is 0 Å². The summed E-state index contributed by atoms with van der Waals surface area (Å²) in [6.45, 7) is 0. The summed E-state index contributed by atoms with van der Waals surface area (Å²) >= 11 is 5.29. The first-order chi connectivity index (χ1) is 7.81. The smallest absolute Gasteiger partial charge is 0.298 e. The van der Waals surface area contributed by atoms with Gasteiger partial charge in [-0.15, -0.1) is 11.6 Å². The van der Waals surface area contributed by atoms with E-state index in [0.717, 1.165) is 0 Å². The molecule has 0 radical (unpaired) electrons. The first-order valence-corrected chi connectivity index (χ1v) is 4.75. The summed E-state index contributed by atoms with van der Waals surface area (Å²) in [5.41, 5.74) is -3.79. The maximum absolute atomic E-state index is 12.4. The van der Waals surface area contributed by atoms with Crippen LogP contribution in [0.4, 0.5) is 22.0 Å². The van der Waals surface area contributed by atoms with Crippen LogP contribution in [0.3, 0.4) is 0 Å². The lowest BCUT2D eigenvalue weighted by atomic mass is 10.1. The van der Waals surface area contributed by atoms with E-state index in [1.165, 1.54) is 0 Å². The Balaban J connectivity index is 3.51. The van der Waals surface area contributed by atoms with Gasteiger partial charge in [0.1, 0.15) is 0 Å². The highest BCUT2D eigenvalue weighted by Gasteiger charge is 2.38. The second-order valence-electron chi connectivity index (χ2n) is 3.01. The van der Waals surface area contributed by atoms with Crippen molar-refractivity contribution < 1.29 is 26.7 Å². The van der Waals surface area contributed by atoms with Crippen LogP contribution in [0.1, 0.15) is 33.7 Å². The van der Waals surface area contributed by atoms with E-state index in [0.29, 0.717) is 6.07 Å². The molecule has 1 heterocycles. The average Bonchev–Trinajstić information content (AvgIpc) is 2.25. The minimum absolute atomic E-state index is 0.136. The Hall–Kier alpha value is -1.24. The lowest BCUT2D eigenvalue weighted by Crippen LogP contribution is -2.15. The molecule has 0 aliphatic rings. The lowest BCUT2D eigenvalue weighted by Gasteiger charge is -2.13. The monoisotopic (exact) mass is 273 g/mol. The fourth-order valence-electron chi connectivity index (χ4n) is 1.19. The van der Waals surface area contributed by atoms with Gasteiger partial charge in [0.15, 0.2) is 12.0 Å². The third-order valence-corrected chi connectivity index (χ3v) is 2.17. The summed E-state index contributed by atoms with van der Waals surface area (Å²) in [6.07, 6.45) is -8.26. The summed E-state index contributed by atoms with van der Waals surface area (Å²) in [4.78, 5) is 13.5. The average molecular weight is 274 g/mol. The van der Waals surface area contributed by atoms with Gasteiger partial charge in [-0.2, -0.15) is 13.2 Å². The summed E-state index contributed by atoms with van der Waals surface area (Å²) < 4.78 is 62.1. The van der Waals surface area contributed by atoms with Crippen molar-refractivity contribution in [1.82, 2.24) is 4.98 Å². The van der Waals surface area contributed by atoms with E-state index in [2.05, 4.69) is 4.98 Å². The molecule has 0 saturated heterocycles. The Morgan fingerprint density at radius 3 is 2.35 bits per heavy atom. The number of halogens is 6. The summed E-state index contributed by atoms with van der Waals surface area (Å²) in [6, 6.07) is 0.463. The number of alkyl halides is 6. The number of aromatic nitrogens is 1. The first-order valence-electron chi connectivity index (χ1n) is 4.21. The molecular weight excluding hydrogens is 269 g/mol. The Labute approximate surface area is 97.4 Å². The van der Waals surface area contributed by atoms with E-state index in [9.17, 15) is 26.7 Å². The Morgan fingerprint density at radius 2 is 2.00 bits per heavy atom. The number of hydrogen-bond acceptors (Lipinski definition) is 2. The van der Waals surface area contributed by atoms with Gasteiger partial charge in [0.2, 0.25) is 0 Å². The van der Waals surface area contributed by atoms with Crippen molar-refractivity contribution >= 4 is 17.9 Å². The molecule has 0 amide bonds. The van der Waals surface area contributed by atoms with Crippen LogP contribution >= 0.6 is 11.6 Å². The molecule has 0 unspecified atom stereocenters. The number of pyridine rings is 1. The molecule has 0 aromatic carbocycles. The zero-order valence-electron chi connectivity index (χ0n) is 8.06. The van der Waals surface area contributed by atoms with Gasteiger partial charge in [0.25, 0.3) is 6.43 Å². The van der Waals surface area contributed by atoms with E-state index >= 15 is 0 Å². The van der Waals surface area contributed by atoms with Crippen molar-refractivity contribution in [3.8, 4) is 0 Å². The SMILES string of the molecule is O=Cc1cc(C(F)F)c(C(F)(F)F)nc1CCl. The van der Waals surface area contributed by atoms with Gasteiger partial charge >= 0.3 is 6.18 Å². The van der Waals surface area contributed by atoms with Crippen molar-refractivity contribution in [2.45, 2.75) is 18.5 Å². The van der Waals surface area contributed by atoms with Crippen LogP contribution < -0.4 is 0 Å². The second-order valence-corrected chi connectivity index (χ2v) is 3.28. The van der Waals surface area contributed by atoms with Crippen LogP contribution in [0.2, 0.25) is 0 Å². The molecule has 1 aromatic heterocycles. The maximum Gasteiger partial charge on any atom is 0.433 e. The van der Waals surface area contributed by atoms with Crippen LogP contribution in [-0.2, 0) is 12.1 Å². The fourth-order valence-corrected chi connectivity index (χ4v) is 1.40. The predicted octanol–water partition coefficient (Wildman–Crippen LogP) is 3.59. The number of aldehydes is 1. The van der Waals surface area contributed by atoms with Gasteiger partial charge in [-0.1, -0.05) is 0 Å². The number of carbonyl (C=O) groups is 1. The molecule has 0 aliphatic carbocycles. The summed E-state index contributed by atoms with van der Waals surface area (Å²) in [7, 11) is 0. The van der Waals surface area contributed by atoms with E-state index in [1.54, 1.807) is 0 Å². The molecule has 1 rings (SSSR count). The van der Waals surface area contributed by atoms with Crippen LogP contribution in [0.15, 0.2) is 6.07 Å². The predicted molar refractivity (Wildman–Crippen MR) is 49.1 cm³/mol. The van der Waals surface area contributed by atoms with E-state index in [1.807, 2.05) is 0 Å². The molecule has 0 fully saturated rings. The van der Waals surface area contributed by atoms with Gasteiger partial charge in [0, 0.05) is 11.1 Å². The minimum atomic E-state index is -5.02. The normalized spacial score (nSPS) is 11.9. The van der Waals surface area contributed by atoms with Crippen molar-refractivity contribution in [2.24, 2.45) is 0 Å². The van der Waals surface area contributed by atoms with Crippen molar-refractivity contribution in [3.05, 3.63) is 28.6 Å². The first kappa shape index (κ1) is 13.8. The Bertz CT molecular complexity index is 432. The summed E-state index contributed by atoms with van der Waals surface area (Å²) in [5.74, 6) is -0.472. The number of rotatable bonds is 3. The largest absolute Gasteiger partial charge is 0.433 e. The third-order valence-electron chi connectivity index (χ3n) is 1.92. The highest BCUT2D eigenvalue weighted by Crippen LogP contribution is 2.35. The number of carbonyl (C=O) groups excluding carboxylic acids is 1. The van der Waals surface area contributed by atoms with Gasteiger partial charge in [0.05, 0.1) is 11.6 Å². The molecule has 0 atom stereocenters. The Morgan fingerprint density at radius 1 is 1.41 bits per heavy atom. The number of nitrogens with zero attached hydrogens (tertiary/aromatic N) is 1. The molecule has 17 heavy (non-hydrogen) atoms. The molecule has 94 valence electrons. The zero-order valence-corrected chi connectivity index (χ0v) is 8.82. The zero-order chi connectivity index (χ0) is 13.2. The van der Waals surface area contributed by atoms with E-state index in [-0.39, 0.29) is 17.5 Å². The standard InChI is InChI=1S/C9H5ClF5NO/c10-2-6-4(3-17)1-5(8(11)12)7(16-6)9(13,14)15/h1,3,8H,2H2. The van der Waals surface area contributed by atoms with Gasteiger partial charge in [-0.3, -0.25) is 4.79 Å². The molecule has 0 spiro atoms. The van der Waals surface area contributed by atoms with E-state index in [4.69, 9.17) is 11.6 Å². The highest BCUT2D eigenvalue weighted by molar-refractivity contribution is 6.17. The maximum atomic E-state index is 12.4. The molecule has 8 heteroatoms. The van der Waals surface area contributed by atoms with Gasteiger partial charge in [-0.25, -0.2) is 13.8 Å². The van der Waals surface area contributed by atoms with E-state index < -0.39 is 29.7 Å². The summed E-state index contributed by atoms with van der Waals surface area (Å²) in [5, 5.41) is 0. The molecule has 0 N–H and O–H groups in total. The fraction of sp³-hybridized carbons (Fsp3) is 0.333. The topological polar surface area (TPSA) is 30.0 Å². The molecule has 0 saturated carbocycles. The van der Waals surface area contributed by atoms with Crippen LogP contribution in [-0.4, -0.2) is 11.3 Å². The quantitative estimate of drug-likeness (QED) is 0.478. The molecule has 0 aliphatic heterocycles. The molecule has 1 aromatic rings. The number of hydrogen-bond donors (Lipinski definition) is 0. The van der Waals surface area contributed by atoms with Crippen LogP contribution in [0.25, 0.3) is 0 Å². The lowest BCUT2D eigenvalue weighted by molar-refractivity contribution is -0.143.